The summed E-state index contributed by atoms with van der Waals surface area (Å²) in [5.41, 5.74) is -1.02. The maximum Gasteiger partial charge on any atom is 0.416 e. The lowest BCUT2D eigenvalue weighted by molar-refractivity contribution is -0.140. The van der Waals surface area contributed by atoms with Crippen molar-refractivity contribution >= 4 is 50.7 Å². The van der Waals surface area contributed by atoms with E-state index in [4.69, 9.17) is 23.2 Å². The predicted octanol–water partition coefficient (Wildman–Crippen LogP) is 6.54. The normalized spacial score (nSPS) is 12.5. The Morgan fingerprint density at radius 2 is 1.64 bits per heavy atom. The molecule has 0 radical (unpaired) electrons. The Hall–Kier alpha value is -3.28. The van der Waals surface area contributed by atoms with E-state index in [0.29, 0.717) is 33.9 Å². The minimum atomic E-state index is -4.76. The molecule has 0 saturated carbocycles. The van der Waals surface area contributed by atoms with Crippen molar-refractivity contribution in [1.82, 2.24) is 10.2 Å². The van der Waals surface area contributed by atoms with Gasteiger partial charge in [0.1, 0.15) is 12.6 Å². The Labute approximate surface area is 253 Å². The number of hydrogen-bond donors (Lipinski definition) is 1. The summed E-state index contributed by atoms with van der Waals surface area (Å²) >= 11 is 12.4. The van der Waals surface area contributed by atoms with Crippen molar-refractivity contribution in [1.29, 1.82) is 0 Å². The average molecular weight is 645 g/mol. The van der Waals surface area contributed by atoms with E-state index in [1.54, 1.807) is 25.1 Å². The number of hydrogen-bond acceptors (Lipinski definition) is 4. The molecule has 0 saturated heterocycles. The van der Waals surface area contributed by atoms with Gasteiger partial charge in [-0.05, 0) is 60.9 Å². The molecule has 0 aliphatic carbocycles. The molecule has 7 nitrogen and oxygen atoms in total. The Morgan fingerprint density at radius 3 is 2.24 bits per heavy atom. The van der Waals surface area contributed by atoms with E-state index in [2.05, 4.69) is 5.32 Å². The monoisotopic (exact) mass is 643 g/mol. The topological polar surface area (TPSA) is 86.8 Å². The van der Waals surface area contributed by atoms with Gasteiger partial charge in [0.2, 0.25) is 11.8 Å². The second kappa shape index (κ2) is 14.3. The standard InChI is InChI=1S/C29H30Cl2F3N3O4S/c1-3-15-35-28(39)26(4-2)36(18-20-13-14-22(30)17-25(20)31)27(38)19-37(42(40,41)24-11-6-5-7-12-24)23-10-8-9-21(16-23)29(32,33)34/h5-14,16-17,26H,3-4,15,18-19H2,1-2H3,(H,35,39). The number of carbonyl (C=O) groups excluding carboxylic acids is 2. The maximum absolute atomic E-state index is 14.0. The molecule has 3 rings (SSSR count). The van der Waals surface area contributed by atoms with Gasteiger partial charge in [0.25, 0.3) is 10.0 Å². The molecule has 3 aromatic carbocycles. The van der Waals surface area contributed by atoms with Gasteiger partial charge < -0.3 is 10.2 Å². The van der Waals surface area contributed by atoms with Gasteiger partial charge in [0.05, 0.1) is 16.1 Å². The van der Waals surface area contributed by atoms with E-state index in [1.165, 1.54) is 41.3 Å². The first-order valence-electron chi connectivity index (χ1n) is 13.1. The number of sulfonamides is 1. The van der Waals surface area contributed by atoms with Crippen LogP contribution in [0.15, 0.2) is 77.7 Å². The highest BCUT2D eigenvalue weighted by atomic mass is 35.5. The fourth-order valence-corrected chi connectivity index (χ4v) is 6.10. The number of nitrogens with zero attached hydrogens (tertiary/aromatic N) is 2. The van der Waals surface area contributed by atoms with Crippen LogP contribution in [0.4, 0.5) is 18.9 Å². The van der Waals surface area contributed by atoms with Crippen molar-refractivity contribution in [2.75, 3.05) is 17.4 Å². The van der Waals surface area contributed by atoms with Crippen molar-refractivity contribution in [3.63, 3.8) is 0 Å². The van der Waals surface area contributed by atoms with Crippen LogP contribution in [0.5, 0.6) is 0 Å². The number of amides is 2. The first kappa shape index (κ1) is 33.2. The highest BCUT2D eigenvalue weighted by molar-refractivity contribution is 7.92. The lowest BCUT2D eigenvalue weighted by Gasteiger charge is -2.33. The van der Waals surface area contributed by atoms with E-state index in [1.807, 2.05) is 6.92 Å². The number of anilines is 1. The largest absolute Gasteiger partial charge is 0.416 e. The number of halogens is 5. The third-order valence-electron chi connectivity index (χ3n) is 6.36. The van der Waals surface area contributed by atoms with Crippen molar-refractivity contribution in [2.24, 2.45) is 0 Å². The van der Waals surface area contributed by atoms with Crippen molar-refractivity contribution < 1.29 is 31.2 Å². The fraction of sp³-hybridized carbons (Fsp3) is 0.310. The summed E-state index contributed by atoms with van der Waals surface area (Å²) in [7, 11) is -4.52. The molecule has 0 aliphatic heterocycles. The van der Waals surface area contributed by atoms with E-state index < -0.39 is 46.2 Å². The second-order valence-electron chi connectivity index (χ2n) is 9.35. The van der Waals surface area contributed by atoms with Gasteiger partial charge in [-0.1, -0.05) is 67.4 Å². The average Bonchev–Trinajstić information content (AvgIpc) is 2.95. The minimum absolute atomic E-state index is 0.168. The predicted molar refractivity (Wildman–Crippen MR) is 157 cm³/mol. The fourth-order valence-electron chi connectivity index (χ4n) is 4.20. The van der Waals surface area contributed by atoms with Crippen LogP contribution in [0.2, 0.25) is 10.0 Å². The van der Waals surface area contributed by atoms with Crippen LogP contribution in [0.1, 0.15) is 37.8 Å². The molecule has 226 valence electrons. The number of rotatable bonds is 12. The van der Waals surface area contributed by atoms with Crippen LogP contribution in [-0.4, -0.2) is 44.3 Å². The zero-order valence-electron chi connectivity index (χ0n) is 22.9. The Morgan fingerprint density at radius 1 is 0.952 bits per heavy atom. The van der Waals surface area contributed by atoms with Gasteiger partial charge in [-0.2, -0.15) is 13.2 Å². The van der Waals surface area contributed by atoms with Crippen LogP contribution in [0.25, 0.3) is 0 Å². The van der Waals surface area contributed by atoms with Crippen LogP contribution in [-0.2, 0) is 32.3 Å². The summed E-state index contributed by atoms with van der Waals surface area (Å²) in [4.78, 5) is 28.1. The van der Waals surface area contributed by atoms with Gasteiger partial charge in [0.15, 0.2) is 0 Å². The number of nitrogens with one attached hydrogen (secondary N) is 1. The van der Waals surface area contributed by atoms with E-state index in [0.717, 1.165) is 12.1 Å². The van der Waals surface area contributed by atoms with Crippen molar-refractivity contribution in [2.45, 2.75) is 50.3 Å². The van der Waals surface area contributed by atoms with Gasteiger partial charge in [-0.25, -0.2) is 8.42 Å². The summed E-state index contributed by atoms with van der Waals surface area (Å²) in [6.07, 6.45) is -3.95. The van der Waals surface area contributed by atoms with Gasteiger partial charge in [-0.3, -0.25) is 13.9 Å². The van der Waals surface area contributed by atoms with Crippen LogP contribution in [0, 0.1) is 0 Å². The summed E-state index contributed by atoms with van der Waals surface area (Å²) in [5, 5.41) is 3.31. The zero-order valence-corrected chi connectivity index (χ0v) is 25.2. The molecule has 0 aromatic heterocycles. The highest BCUT2D eigenvalue weighted by Gasteiger charge is 2.36. The van der Waals surface area contributed by atoms with Crippen LogP contribution >= 0.6 is 23.2 Å². The molecule has 0 spiro atoms. The summed E-state index contributed by atoms with van der Waals surface area (Å²) in [5.74, 6) is -1.29. The molecule has 3 aromatic rings. The summed E-state index contributed by atoms with van der Waals surface area (Å²) in [6, 6.07) is 14.3. The Balaban J connectivity index is 2.12. The van der Waals surface area contributed by atoms with Crippen LogP contribution in [0.3, 0.4) is 0 Å². The quantitative estimate of drug-likeness (QED) is 0.243. The molecule has 0 aliphatic rings. The molecule has 2 amide bonds. The third-order valence-corrected chi connectivity index (χ3v) is 8.74. The minimum Gasteiger partial charge on any atom is -0.354 e. The van der Waals surface area contributed by atoms with Crippen LogP contribution < -0.4 is 9.62 Å². The molecule has 1 atom stereocenters. The lowest BCUT2D eigenvalue weighted by Crippen LogP contribution is -2.52. The Bertz CT molecular complexity index is 1510. The number of carbonyl (C=O) groups is 2. The lowest BCUT2D eigenvalue weighted by atomic mass is 10.1. The van der Waals surface area contributed by atoms with E-state index in [9.17, 15) is 31.2 Å². The Kier molecular flexibility index (Phi) is 11.3. The zero-order chi connectivity index (χ0) is 31.1. The summed E-state index contributed by atoms with van der Waals surface area (Å²) < 4.78 is 68.9. The number of benzene rings is 3. The molecule has 0 fully saturated rings. The van der Waals surface area contributed by atoms with E-state index >= 15 is 0 Å². The maximum atomic E-state index is 14.0. The molecule has 42 heavy (non-hydrogen) atoms. The molecule has 13 heteroatoms. The first-order chi connectivity index (χ1) is 19.8. The molecular formula is C29H30Cl2F3N3O4S. The first-order valence-corrected chi connectivity index (χ1v) is 15.2. The van der Waals surface area contributed by atoms with Crippen molar-refractivity contribution in [3.05, 3.63) is 94.0 Å². The molecule has 1 unspecified atom stereocenters. The number of alkyl halides is 3. The SMILES string of the molecule is CCCNC(=O)C(CC)N(Cc1ccc(Cl)cc1Cl)C(=O)CN(c1cccc(C(F)(F)F)c1)S(=O)(=O)c1ccccc1. The summed E-state index contributed by atoms with van der Waals surface area (Å²) in [6.45, 7) is 2.82. The molecule has 1 N–H and O–H groups in total. The van der Waals surface area contributed by atoms with Crippen molar-refractivity contribution in [3.8, 4) is 0 Å². The van der Waals surface area contributed by atoms with E-state index in [-0.39, 0.29) is 28.6 Å². The van der Waals surface area contributed by atoms with Gasteiger partial charge in [0, 0.05) is 23.1 Å². The van der Waals surface area contributed by atoms with Gasteiger partial charge >= 0.3 is 6.18 Å². The smallest absolute Gasteiger partial charge is 0.354 e. The van der Waals surface area contributed by atoms with Gasteiger partial charge in [-0.15, -0.1) is 0 Å². The third kappa shape index (κ3) is 8.17. The molecular weight excluding hydrogens is 614 g/mol. The molecule has 0 heterocycles. The second-order valence-corrected chi connectivity index (χ2v) is 12.1. The molecule has 0 bridgehead atoms. The highest BCUT2D eigenvalue weighted by Crippen LogP contribution is 2.33.